The highest BCUT2D eigenvalue weighted by molar-refractivity contribution is 5.95. The molecule has 1 saturated heterocycles. The van der Waals surface area contributed by atoms with Crippen molar-refractivity contribution < 1.29 is 65.9 Å². The number of amides is 2. The van der Waals surface area contributed by atoms with Crippen molar-refractivity contribution in [2.24, 2.45) is 0 Å². The standard InChI is InChI=1S/C49H49F3N2O11/c1-47(2,3)64-42(57)24-22-38(29-55)54-45(59)34-12-10-11-32(25-34)28-53-44(58)35-26-39(62-46(60)33-20-17-31(18-21-33)19-23-41(56)61-30-48(50,51)52)43-40(27-35)63-49(65-43,36-13-6-4-7-14-36)37-15-8-5-9-16-37/h4-21,23,25,27,38-40,43,55H,22,24,26,28-30H2,1-3H3,(H,53,58)(H,54,59)/t38-,39+,40+,43-/m0/s1. The van der Waals surface area contributed by atoms with Crippen LogP contribution >= 0.6 is 0 Å². The number of aliphatic hydroxyl groups excluding tert-OH is 1. The number of ether oxygens (including phenoxy) is 5. The molecule has 342 valence electrons. The molecule has 0 spiro atoms. The van der Waals surface area contributed by atoms with E-state index in [1.54, 1.807) is 51.1 Å². The molecule has 13 nitrogen and oxygen atoms in total. The Morgan fingerprint density at radius 3 is 2.12 bits per heavy atom. The fraction of sp³-hybridized carbons (Fsp3) is 0.327. The zero-order valence-corrected chi connectivity index (χ0v) is 35.8. The van der Waals surface area contributed by atoms with E-state index in [-0.39, 0.29) is 42.5 Å². The van der Waals surface area contributed by atoms with Crippen molar-refractivity contribution >= 4 is 35.8 Å². The molecule has 0 saturated carbocycles. The summed E-state index contributed by atoms with van der Waals surface area (Å²) in [5.41, 5.74) is 2.24. The first-order chi connectivity index (χ1) is 30.9. The van der Waals surface area contributed by atoms with Gasteiger partial charge < -0.3 is 39.4 Å². The normalized spacial score (nSPS) is 18.4. The van der Waals surface area contributed by atoms with Crippen LogP contribution in [0.4, 0.5) is 13.2 Å². The second-order valence-electron chi connectivity index (χ2n) is 16.4. The van der Waals surface area contributed by atoms with E-state index in [0.717, 1.165) is 6.08 Å². The minimum Gasteiger partial charge on any atom is -0.460 e. The maximum Gasteiger partial charge on any atom is 0.422 e. The van der Waals surface area contributed by atoms with E-state index in [0.29, 0.717) is 22.3 Å². The molecule has 6 rings (SSSR count). The molecule has 0 aromatic heterocycles. The number of halogens is 3. The summed E-state index contributed by atoms with van der Waals surface area (Å²) in [5, 5.41) is 15.5. The van der Waals surface area contributed by atoms with Crippen LogP contribution < -0.4 is 10.6 Å². The van der Waals surface area contributed by atoms with Crippen molar-refractivity contribution in [1.29, 1.82) is 0 Å². The van der Waals surface area contributed by atoms with E-state index in [1.807, 2.05) is 60.7 Å². The van der Waals surface area contributed by atoms with E-state index in [4.69, 9.17) is 18.9 Å². The predicted octanol–water partition coefficient (Wildman–Crippen LogP) is 6.88. The third kappa shape index (κ3) is 13.2. The fourth-order valence-corrected chi connectivity index (χ4v) is 7.17. The Balaban J connectivity index is 1.18. The van der Waals surface area contributed by atoms with Gasteiger partial charge in [-0.05, 0) is 74.7 Å². The highest BCUT2D eigenvalue weighted by atomic mass is 19.4. The van der Waals surface area contributed by atoms with Gasteiger partial charge >= 0.3 is 24.1 Å². The quantitative estimate of drug-likeness (QED) is 0.0608. The molecule has 65 heavy (non-hydrogen) atoms. The predicted molar refractivity (Wildman–Crippen MR) is 230 cm³/mol. The summed E-state index contributed by atoms with van der Waals surface area (Å²) >= 11 is 0. The number of rotatable bonds is 16. The number of carbonyl (C=O) groups is 5. The maximum absolute atomic E-state index is 14.0. The molecule has 1 fully saturated rings. The van der Waals surface area contributed by atoms with Gasteiger partial charge in [0.15, 0.2) is 6.61 Å². The minimum absolute atomic E-state index is 0.00407. The Morgan fingerprint density at radius 1 is 0.846 bits per heavy atom. The lowest BCUT2D eigenvalue weighted by Gasteiger charge is -2.31. The van der Waals surface area contributed by atoms with Gasteiger partial charge in [0.2, 0.25) is 11.7 Å². The summed E-state index contributed by atoms with van der Waals surface area (Å²) < 4.78 is 66.4. The van der Waals surface area contributed by atoms with E-state index >= 15 is 0 Å². The van der Waals surface area contributed by atoms with Crippen LogP contribution in [0, 0.1) is 0 Å². The molecule has 0 bridgehead atoms. The number of alkyl halides is 3. The second-order valence-corrected chi connectivity index (χ2v) is 16.4. The molecule has 4 aromatic carbocycles. The average molecular weight is 899 g/mol. The van der Waals surface area contributed by atoms with Gasteiger partial charge in [-0.15, -0.1) is 0 Å². The van der Waals surface area contributed by atoms with Crippen molar-refractivity contribution in [3.05, 3.63) is 160 Å². The lowest BCUT2D eigenvalue weighted by atomic mass is 9.91. The molecule has 2 aliphatic rings. The van der Waals surface area contributed by atoms with E-state index < -0.39 is 84.9 Å². The Hall–Kier alpha value is -6.62. The first kappa shape index (κ1) is 47.8. The van der Waals surface area contributed by atoms with Crippen LogP contribution in [0.1, 0.15) is 83.0 Å². The van der Waals surface area contributed by atoms with Crippen LogP contribution in [0.25, 0.3) is 6.08 Å². The topological polar surface area (TPSA) is 176 Å². The zero-order chi connectivity index (χ0) is 46.8. The summed E-state index contributed by atoms with van der Waals surface area (Å²) in [7, 11) is 0. The highest BCUT2D eigenvalue weighted by Gasteiger charge is 2.55. The molecular weight excluding hydrogens is 850 g/mol. The third-order valence-electron chi connectivity index (χ3n) is 10.2. The van der Waals surface area contributed by atoms with Crippen LogP contribution in [-0.4, -0.2) is 84.2 Å². The molecule has 4 atom stereocenters. The lowest BCUT2D eigenvalue weighted by Crippen LogP contribution is -2.43. The monoisotopic (exact) mass is 898 g/mol. The summed E-state index contributed by atoms with van der Waals surface area (Å²) in [5.74, 6) is -4.84. The van der Waals surface area contributed by atoms with Gasteiger partial charge in [0.25, 0.3) is 5.91 Å². The van der Waals surface area contributed by atoms with Gasteiger partial charge in [-0.3, -0.25) is 14.4 Å². The van der Waals surface area contributed by atoms with Gasteiger partial charge in [0.05, 0.1) is 18.2 Å². The highest BCUT2D eigenvalue weighted by Crippen LogP contribution is 2.47. The number of esters is 3. The number of aliphatic hydroxyl groups is 1. The molecule has 1 aliphatic carbocycles. The summed E-state index contributed by atoms with van der Waals surface area (Å²) in [6, 6.07) is 30.0. The Morgan fingerprint density at radius 2 is 1.51 bits per heavy atom. The molecule has 2 amide bonds. The smallest absolute Gasteiger partial charge is 0.422 e. The van der Waals surface area contributed by atoms with E-state index in [9.17, 15) is 42.3 Å². The summed E-state index contributed by atoms with van der Waals surface area (Å²) in [6.07, 6.45) is -3.67. The molecule has 16 heteroatoms. The van der Waals surface area contributed by atoms with E-state index in [2.05, 4.69) is 15.4 Å². The molecule has 0 radical (unpaired) electrons. The van der Waals surface area contributed by atoms with Crippen molar-refractivity contribution in [1.82, 2.24) is 10.6 Å². The second kappa shape index (κ2) is 20.9. The Labute approximate surface area is 373 Å². The van der Waals surface area contributed by atoms with Crippen molar-refractivity contribution in [2.45, 2.75) is 88.5 Å². The number of fused-ring (bicyclic) bond motifs is 1. The van der Waals surface area contributed by atoms with Gasteiger partial charge in [-0.2, -0.15) is 13.2 Å². The zero-order valence-electron chi connectivity index (χ0n) is 35.8. The van der Waals surface area contributed by atoms with Crippen LogP contribution in [0.5, 0.6) is 0 Å². The molecular formula is C49H49F3N2O11. The summed E-state index contributed by atoms with van der Waals surface area (Å²) in [4.78, 5) is 64.8. The van der Waals surface area contributed by atoms with Crippen molar-refractivity contribution in [3.63, 3.8) is 0 Å². The number of benzene rings is 4. The van der Waals surface area contributed by atoms with Crippen LogP contribution in [0.15, 0.2) is 127 Å². The van der Waals surface area contributed by atoms with Crippen molar-refractivity contribution in [3.8, 4) is 0 Å². The number of hydrogen-bond donors (Lipinski definition) is 3. The van der Waals surface area contributed by atoms with Gasteiger partial charge in [-0.25, -0.2) is 9.59 Å². The van der Waals surface area contributed by atoms with Crippen LogP contribution in [0.3, 0.4) is 0 Å². The number of carbonyl (C=O) groups excluding carboxylic acids is 5. The van der Waals surface area contributed by atoms with Crippen LogP contribution in [0.2, 0.25) is 0 Å². The largest absolute Gasteiger partial charge is 0.460 e. The molecule has 4 aromatic rings. The van der Waals surface area contributed by atoms with Gasteiger partial charge in [0.1, 0.15) is 23.9 Å². The number of hydrogen-bond acceptors (Lipinski definition) is 11. The average Bonchev–Trinajstić information content (AvgIpc) is 3.69. The molecule has 1 aliphatic heterocycles. The lowest BCUT2D eigenvalue weighted by molar-refractivity contribution is -0.182. The summed E-state index contributed by atoms with van der Waals surface area (Å²) in [6.45, 7) is 3.13. The fourth-order valence-electron chi connectivity index (χ4n) is 7.17. The molecule has 3 N–H and O–H groups in total. The first-order valence-electron chi connectivity index (χ1n) is 20.8. The van der Waals surface area contributed by atoms with Crippen LogP contribution in [-0.2, 0) is 50.4 Å². The maximum atomic E-state index is 14.0. The Bertz CT molecular complexity index is 2340. The van der Waals surface area contributed by atoms with Gasteiger partial charge in [0, 0.05) is 47.7 Å². The SMILES string of the molecule is CC(C)(C)OC(=O)CC[C@@H](CO)NC(=O)c1cccc(CNC(=O)C2=C[C@H]3OC(c4ccccc4)(c4ccccc4)O[C@H]3[C@H](OC(=O)c3ccc(C=CC(=O)OCC(F)(F)F)cc3)C2)c1. The molecule has 0 unspecified atom stereocenters. The third-order valence-corrected chi connectivity index (χ3v) is 10.2. The van der Waals surface area contributed by atoms with E-state index in [1.165, 1.54) is 30.3 Å². The Kier molecular flexibility index (Phi) is 15.4. The number of nitrogens with one attached hydrogen (secondary N) is 2. The first-order valence-corrected chi connectivity index (χ1v) is 20.8. The molecule has 1 heterocycles. The minimum atomic E-state index is -4.67. The van der Waals surface area contributed by atoms with Crippen molar-refractivity contribution in [2.75, 3.05) is 13.2 Å². The van der Waals surface area contributed by atoms with Gasteiger partial charge in [-0.1, -0.05) is 84.9 Å².